The Hall–Kier alpha value is -0.650. The van der Waals surface area contributed by atoms with E-state index in [9.17, 15) is 9.90 Å². The first kappa shape index (κ1) is 13.8. The van der Waals surface area contributed by atoms with Gasteiger partial charge in [0, 0.05) is 39.3 Å². The first-order chi connectivity index (χ1) is 8.70. The summed E-state index contributed by atoms with van der Waals surface area (Å²) in [5.41, 5.74) is 0. The Labute approximate surface area is 109 Å². The summed E-state index contributed by atoms with van der Waals surface area (Å²) in [4.78, 5) is 16.4. The molecule has 0 saturated carbocycles. The molecule has 0 unspecified atom stereocenters. The first-order valence-corrected chi connectivity index (χ1v) is 6.97. The predicted octanol–water partition coefficient (Wildman–Crippen LogP) is -0.0620. The van der Waals surface area contributed by atoms with Gasteiger partial charge in [0.1, 0.15) is 0 Å². The van der Waals surface area contributed by atoms with Crippen LogP contribution < -0.4 is 0 Å². The Morgan fingerprint density at radius 3 is 2.67 bits per heavy atom. The molecule has 2 aliphatic heterocycles. The van der Waals surface area contributed by atoms with Gasteiger partial charge in [0.25, 0.3) is 0 Å². The molecule has 0 aromatic carbocycles. The van der Waals surface area contributed by atoms with E-state index in [4.69, 9.17) is 4.74 Å². The topological polar surface area (TPSA) is 53.0 Å². The monoisotopic (exact) mass is 256 g/mol. The van der Waals surface area contributed by atoms with Gasteiger partial charge in [0.2, 0.25) is 5.91 Å². The Bertz CT molecular complexity index is 271. The normalized spacial score (nSPS) is 27.4. The fraction of sp³-hybridized carbons (Fsp3) is 0.923. The molecule has 104 valence electrons. The van der Waals surface area contributed by atoms with Gasteiger partial charge in [0.15, 0.2) is 0 Å². The number of nitrogens with zero attached hydrogens (tertiary/aromatic N) is 2. The summed E-state index contributed by atoms with van der Waals surface area (Å²) in [6.07, 6.45) is 1.42. The van der Waals surface area contributed by atoms with E-state index in [-0.39, 0.29) is 17.9 Å². The highest BCUT2D eigenvalue weighted by molar-refractivity contribution is 5.79. The maximum Gasteiger partial charge on any atom is 0.228 e. The number of hydrogen-bond donors (Lipinski definition) is 1. The largest absolute Gasteiger partial charge is 0.392 e. The van der Waals surface area contributed by atoms with Crippen LogP contribution in [0.4, 0.5) is 0 Å². The number of aliphatic hydroxyl groups excluding tert-OH is 1. The average molecular weight is 256 g/mol. The van der Waals surface area contributed by atoms with E-state index in [0.717, 1.165) is 52.2 Å². The van der Waals surface area contributed by atoms with Crippen LogP contribution in [-0.2, 0) is 9.53 Å². The maximum atomic E-state index is 12.2. The number of carbonyl (C=O) groups is 1. The van der Waals surface area contributed by atoms with Crippen molar-refractivity contribution in [2.45, 2.75) is 25.9 Å². The summed E-state index contributed by atoms with van der Waals surface area (Å²) in [6.45, 7) is 7.34. The molecule has 1 amide bonds. The molecule has 2 fully saturated rings. The number of ether oxygens (including phenoxy) is 1. The summed E-state index contributed by atoms with van der Waals surface area (Å²) in [5.74, 6) is 0.334. The highest BCUT2D eigenvalue weighted by Gasteiger charge is 2.30. The summed E-state index contributed by atoms with van der Waals surface area (Å²) in [6, 6.07) is 0. The fourth-order valence-electron chi connectivity index (χ4n) is 2.57. The van der Waals surface area contributed by atoms with E-state index >= 15 is 0 Å². The highest BCUT2D eigenvalue weighted by atomic mass is 16.5. The molecule has 2 heterocycles. The summed E-state index contributed by atoms with van der Waals surface area (Å²) in [5, 5.41) is 9.62. The standard InChI is InChI=1S/C13H24N2O3/c1-2-12(16)9-14-4-6-15(7-5-14)13(17)11-3-8-18-10-11/h11-12,16H,2-10H2,1H3/t11-,12+/m1/s1. The Morgan fingerprint density at radius 1 is 1.39 bits per heavy atom. The van der Waals surface area contributed by atoms with Crippen molar-refractivity contribution in [1.82, 2.24) is 9.80 Å². The minimum absolute atomic E-state index is 0.0813. The summed E-state index contributed by atoms with van der Waals surface area (Å²) >= 11 is 0. The molecule has 1 N–H and O–H groups in total. The molecule has 0 aromatic rings. The van der Waals surface area contributed by atoms with Crippen molar-refractivity contribution in [3.8, 4) is 0 Å². The van der Waals surface area contributed by atoms with Crippen LogP contribution in [0.3, 0.4) is 0 Å². The van der Waals surface area contributed by atoms with Gasteiger partial charge < -0.3 is 14.7 Å². The maximum absolute atomic E-state index is 12.2. The lowest BCUT2D eigenvalue weighted by Gasteiger charge is -2.36. The second kappa shape index (κ2) is 6.50. The van der Waals surface area contributed by atoms with Crippen LogP contribution in [0.1, 0.15) is 19.8 Å². The summed E-state index contributed by atoms with van der Waals surface area (Å²) < 4.78 is 5.27. The molecule has 5 nitrogen and oxygen atoms in total. The third-order valence-electron chi connectivity index (χ3n) is 3.90. The van der Waals surface area contributed by atoms with Crippen LogP contribution in [0.25, 0.3) is 0 Å². The van der Waals surface area contributed by atoms with E-state index in [1.54, 1.807) is 0 Å². The lowest BCUT2D eigenvalue weighted by Crippen LogP contribution is -2.51. The second-order valence-electron chi connectivity index (χ2n) is 5.25. The fourth-order valence-corrected chi connectivity index (χ4v) is 2.57. The smallest absolute Gasteiger partial charge is 0.228 e. The average Bonchev–Trinajstić information content (AvgIpc) is 2.92. The van der Waals surface area contributed by atoms with E-state index in [2.05, 4.69) is 4.90 Å². The zero-order valence-corrected chi connectivity index (χ0v) is 11.2. The number of aliphatic hydroxyl groups is 1. The van der Waals surface area contributed by atoms with Gasteiger partial charge in [-0.15, -0.1) is 0 Å². The van der Waals surface area contributed by atoms with Crippen LogP contribution >= 0.6 is 0 Å². The van der Waals surface area contributed by atoms with Crippen LogP contribution in [0, 0.1) is 5.92 Å². The molecule has 2 atom stereocenters. The number of carbonyl (C=O) groups excluding carboxylic acids is 1. The molecular weight excluding hydrogens is 232 g/mol. The second-order valence-corrected chi connectivity index (χ2v) is 5.25. The molecule has 0 aliphatic carbocycles. The Balaban J connectivity index is 1.74. The Morgan fingerprint density at radius 2 is 2.11 bits per heavy atom. The van der Waals surface area contributed by atoms with E-state index in [1.165, 1.54) is 0 Å². The molecule has 0 bridgehead atoms. The number of rotatable bonds is 4. The minimum atomic E-state index is -0.240. The van der Waals surface area contributed by atoms with Crippen molar-refractivity contribution in [3.05, 3.63) is 0 Å². The van der Waals surface area contributed by atoms with E-state index in [0.29, 0.717) is 6.61 Å². The van der Waals surface area contributed by atoms with Crippen LogP contribution in [0.15, 0.2) is 0 Å². The molecule has 5 heteroatoms. The molecule has 0 spiro atoms. The predicted molar refractivity (Wildman–Crippen MR) is 68.2 cm³/mol. The Kier molecular flexibility index (Phi) is 4.97. The van der Waals surface area contributed by atoms with Crippen molar-refractivity contribution in [2.75, 3.05) is 45.9 Å². The molecule has 18 heavy (non-hydrogen) atoms. The lowest BCUT2D eigenvalue weighted by molar-refractivity contribution is -0.137. The quantitative estimate of drug-likeness (QED) is 0.765. The molecule has 2 aliphatic rings. The number of amides is 1. The van der Waals surface area contributed by atoms with E-state index in [1.807, 2.05) is 11.8 Å². The lowest BCUT2D eigenvalue weighted by atomic mass is 10.1. The van der Waals surface area contributed by atoms with Gasteiger partial charge in [0.05, 0.1) is 18.6 Å². The third kappa shape index (κ3) is 3.43. The molecule has 2 saturated heterocycles. The zero-order valence-electron chi connectivity index (χ0n) is 11.2. The van der Waals surface area contributed by atoms with Crippen molar-refractivity contribution in [2.24, 2.45) is 5.92 Å². The number of hydrogen-bond acceptors (Lipinski definition) is 4. The molecule has 0 radical (unpaired) electrons. The summed E-state index contributed by atoms with van der Waals surface area (Å²) in [7, 11) is 0. The van der Waals surface area contributed by atoms with Crippen LogP contribution in [0.5, 0.6) is 0 Å². The van der Waals surface area contributed by atoms with Crippen LogP contribution in [-0.4, -0.2) is 72.9 Å². The third-order valence-corrected chi connectivity index (χ3v) is 3.90. The van der Waals surface area contributed by atoms with Crippen molar-refractivity contribution < 1.29 is 14.6 Å². The number of β-amino-alcohol motifs (C(OH)–C–C–N with tert-alkyl or cyclic N) is 1. The first-order valence-electron chi connectivity index (χ1n) is 6.97. The van der Waals surface area contributed by atoms with Gasteiger partial charge in [-0.25, -0.2) is 0 Å². The van der Waals surface area contributed by atoms with E-state index < -0.39 is 0 Å². The SMILES string of the molecule is CC[C@H](O)CN1CCN(C(=O)[C@@H]2CCOC2)CC1. The van der Waals surface area contributed by atoms with Crippen molar-refractivity contribution >= 4 is 5.91 Å². The molecule has 0 aromatic heterocycles. The van der Waals surface area contributed by atoms with Crippen LogP contribution in [0.2, 0.25) is 0 Å². The number of piperazine rings is 1. The highest BCUT2D eigenvalue weighted by Crippen LogP contribution is 2.16. The minimum Gasteiger partial charge on any atom is -0.392 e. The van der Waals surface area contributed by atoms with Crippen molar-refractivity contribution in [3.63, 3.8) is 0 Å². The van der Waals surface area contributed by atoms with Gasteiger partial charge >= 0.3 is 0 Å². The zero-order chi connectivity index (χ0) is 13.0. The van der Waals surface area contributed by atoms with Gasteiger partial charge in [-0.3, -0.25) is 9.69 Å². The van der Waals surface area contributed by atoms with Gasteiger partial charge in [-0.05, 0) is 12.8 Å². The van der Waals surface area contributed by atoms with Crippen molar-refractivity contribution in [1.29, 1.82) is 0 Å². The van der Waals surface area contributed by atoms with Gasteiger partial charge in [-0.1, -0.05) is 6.92 Å². The molecular formula is C13H24N2O3. The molecule has 2 rings (SSSR count). The van der Waals surface area contributed by atoms with Gasteiger partial charge in [-0.2, -0.15) is 0 Å².